The summed E-state index contributed by atoms with van der Waals surface area (Å²) < 4.78 is 42.7. The average Bonchev–Trinajstić information content (AvgIpc) is 3.43. The van der Waals surface area contributed by atoms with E-state index in [1.165, 1.54) is 47.0 Å². The van der Waals surface area contributed by atoms with Crippen LogP contribution in [0.5, 0.6) is 5.75 Å². The maximum Gasteiger partial charge on any atom is 0.573 e. The first kappa shape index (κ1) is 33.7. The standard InChI is InChI=1S/C34H35F3N6O3S/c1-20(2)26-12-9-24(42(4)5)17-28(26)27-13-15-31(47-18-30(27)44)40-33(45)39-29-14-6-22(16-21(29)3)32-38-19-43(41-32)23-7-10-25(11-8-23)46-34(35,36)37/h6-12,14,16-17,19-20,27H,13,15,18H2,1-5H3,(H,39,45). The Bertz CT molecular complexity index is 1800. The number of nitrogens with one attached hydrogen (secondary N) is 1. The first-order chi connectivity index (χ1) is 22.3. The van der Waals surface area contributed by atoms with Gasteiger partial charge < -0.3 is 15.0 Å². The van der Waals surface area contributed by atoms with Crippen molar-refractivity contribution in [1.29, 1.82) is 0 Å². The molecule has 1 N–H and O–H groups in total. The quantitative estimate of drug-likeness (QED) is 0.213. The summed E-state index contributed by atoms with van der Waals surface area (Å²) in [4.78, 5) is 36.9. The monoisotopic (exact) mass is 664 g/mol. The van der Waals surface area contributed by atoms with Gasteiger partial charge in [0.15, 0.2) is 11.6 Å². The lowest BCUT2D eigenvalue weighted by Crippen LogP contribution is -2.17. The van der Waals surface area contributed by atoms with Crippen molar-refractivity contribution in [2.75, 3.05) is 30.1 Å². The van der Waals surface area contributed by atoms with Gasteiger partial charge in [0, 0.05) is 37.0 Å². The van der Waals surface area contributed by atoms with Crippen molar-refractivity contribution in [2.45, 2.75) is 51.8 Å². The van der Waals surface area contributed by atoms with Crippen LogP contribution < -0.4 is 15.0 Å². The molecule has 1 aliphatic heterocycles. The fourth-order valence-corrected chi connectivity index (χ4v) is 6.28. The summed E-state index contributed by atoms with van der Waals surface area (Å²) in [5.41, 5.74) is 5.76. The number of aliphatic imine (C=N–C) groups is 1. The number of rotatable bonds is 7. The van der Waals surface area contributed by atoms with E-state index >= 15 is 0 Å². The van der Waals surface area contributed by atoms with Crippen LogP contribution in [-0.4, -0.2) is 57.8 Å². The van der Waals surface area contributed by atoms with E-state index in [0.29, 0.717) is 40.6 Å². The molecule has 47 heavy (non-hydrogen) atoms. The van der Waals surface area contributed by atoms with E-state index in [1.54, 1.807) is 12.1 Å². The van der Waals surface area contributed by atoms with Gasteiger partial charge in [-0.05, 0) is 97.0 Å². The molecule has 2 amide bonds. The Hall–Kier alpha value is -4.65. The molecule has 4 aromatic rings. The van der Waals surface area contributed by atoms with Gasteiger partial charge in [0.1, 0.15) is 12.1 Å². The Morgan fingerprint density at radius 1 is 1.11 bits per heavy atom. The number of hydrogen-bond donors (Lipinski definition) is 1. The molecule has 246 valence electrons. The first-order valence-electron chi connectivity index (χ1n) is 15.0. The molecule has 9 nitrogen and oxygen atoms in total. The second kappa shape index (κ2) is 14.0. The summed E-state index contributed by atoms with van der Waals surface area (Å²) in [6.45, 7) is 6.09. The van der Waals surface area contributed by atoms with Crippen molar-refractivity contribution in [1.82, 2.24) is 14.8 Å². The summed E-state index contributed by atoms with van der Waals surface area (Å²) in [6.07, 6.45) is -2.22. The summed E-state index contributed by atoms with van der Waals surface area (Å²) >= 11 is 1.32. The van der Waals surface area contributed by atoms with Gasteiger partial charge in [0.25, 0.3) is 0 Å². The fourth-order valence-electron chi connectivity index (χ4n) is 5.36. The minimum absolute atomic E-state index is 0.133. The molecular weight excluding hydrogens is 629 g/mol. The van der Waals surface area contributed by atoms with Gasteiger partial charge >= 0.3 is 12.4 Å². The number of ketones is 1. The van der Waals surface area contributed by atoms with E-state index in [2.05, 4.69) is 57.2 Å². The zero-order valence-corrected chi connectivity index (χ0v) is 27.4. The molecule has 3 aromatic carbocycles. The van der Waals surface area contributed by atoms with E-state index in [9.17, 15) is 22.8 Å². The third-order valence-electron chi connectivity index (χ3n) is 7.78. The van der Waals surface area contributed by atoms with Crippen molar-refractivity contribution in [3.05, 3.63) is 83.7 Å². The molecule has 1 aliphatic rings. The second-order valence-corrected chi connectivity index (χ2v) is 12.8. The average molecular weight is 665 g/mol. The Kier molecular flexibility index (Phi) is 10.0. The third-order valence-corrected chi connectivity index (χ3v) is 8.84. The first-order valence-corrected chi connectivity index (χ1v) is 16.0. The maximum atomic E-state index is 13.3. The van der Waals surface area contributed by atoms with Crippen molar-refractivity contribution in [3.63, 3.8) is 0 Å². The Labute approximate surface area is 275 Å². The summed E-state index contributed by atoms with van der Waals surface area (Å²) in [6, 6.07) is 16.4. The lowest BCUT2D eigenvalue weighted by molar-refractivity contribution is -0.274. The topological polar surface area (TPSA) is 102 Å². The number of anilines is 2. The third kappa shape index (κ3) is 8.39. The van der Waals surface area contributed by atoms with Gasteiger partial charge in [-0.15, -0.1) is 30.0 Å². The number of hydrogen-bond acceptors (Lipinski definition) is 7. The van der Waals surface area contributed by atoms with E-state index in [0.717, 1.165) is 22.4 Å². The van der Waals surface area contributed by atoms with Gasteiger partial charge in [-0.1, -0.05) is 19.9 Å². The van der Waals surface area contributed by atoms with Crippen LogP contribution in [-0.2, 0) is 4.79 Å². The number of carbonyl (C=O) groups is 2. The van der Waals surface area contributed by atoms with Crippen LogP contribution in [0.1, 0.15) is 55.2 Å². The lowest BCUT2D eigenvalue weighted by Gasteiger charge is -2.23. The number of aromatic nitrogens is 3. The molecule has 0 bridgehead atoms. The van der Waals surface area contributed by atoms with Crippen molar-refractivity contribution in [2.24, 2.45) is 4.99 Å². The predicted molar refractivity (Wildman–Crippen MR) is 179 cm³/mol. The molecule has 1 atom stereocenters. The van der Waals surface area contributed by atoms with Gasteiger partial charge in [-0.2, -0.15) is 4.99 Å². The van der Waals surface area contributed by atoms with Gasteiger partial charge in [-0.3, -0.25) is 4.79 Å². The lowest BCUT2D eigenvalue weighted by atomic mass is 9.84. The summed E-state index contributed by atoms with van der Waals surface area (Å²) in [5.74, 6) is 0.458. The highest BCUT2D eigenvalue weighted by atomic mass is 32.2. The Balaban J connectivity index is 1.24. The number of Topliss-reactive ketones (excluding diaryl/α,β-unsaturated/α-hetero) is 1. The molecular formula is C34H35F3N6O3S. The highest BCUT2D eigenvalue weighted by Crippen LogP contribution is 2.36. The number of thioether (sulfide) groups is 1. The van der Waals surface area contributed by atoms with Crippen LogP contribution in [0.2, 0.25) is 0 Å². The minimum Gasteiger partial charge on any atom is -0.406 e. The van der Waals surface area contributed by atoms with Crippen molar-refractivity contribution < 1.29 is 27.5 Å². The number of alkyl halides is 3. The largest absolute Gasteiger partial charge is 0.573 e. The minimum atomic E-state index is -4.77. The predicted octanol–water partition coefficient (Wildman–Crippen LogP) is 8.14. The number of aryl methyl sites for hydroxylation is 1. The summed E-state index contributed by atoms with van der Waals surface area (Å²) in [5, 5.41) is 7.90. The fraction of sp³-hybridized carbons (Fsp3) is 0.324. The smallest absolute Gasteiger partial charge is 0.406 e. The van der Waals surface area contributed by atoms with Crippen LogP contribution in [0.15, 0.2) is 72.0 Å². The molecule has 0 spiro atoms. The van der Waals surface area contributed by atoms with Crippen LogP contribution in [0.25, 0.3) is 17.1 Å². The van der Waals surface area contributed by atoms with Crippen LogP contribution in [0.4, 0.5) is 29.3 Å². The molecule has 0 radical (unpaired) electrons. The molecule has 1 saturated heterocycles. The molecule has 0 aliphatic carbocycles. The van der Waals surface area contributed by atoms with Gasteiger partial charge in [0.05, 0.1) is 16.5 Å². The number of ether oxygens (including phenoxy) is 1. The van der Waals surface area contributed by atoms with Gasteiger partial charge in [-0.25, -0.2) is 14.5 Å². The number of amides is 2. The molecule has 2 heterocycles. The second-order valence-electron chi connectivity index (χ2n) is 11.7. The summed E-state index contributed by atoms with van der Waals surface area (Å²) in [7, 11) is 3.96. The zero-order chi connectivity index (χ0) is 33.9. The van der Waals surface area contributed by atoms with E-state index < -0.39 is 12.4 Å². The SMILES string of the molecule is Cc1cc(-c2ncn(-c3ccc(OC(F)(F)F)cc3)n2)ccc1NC(=O)N=C1CCC(c2cc(N(C)C)ccc2C(C)C)C(=O)CS1. The Morgan fingerprint density at radius 3 is 2.51 bits per heavy atom. The van der Waals surface area contributed by atoms with E-state index in [4.69, 9.17) is 0 Å². The van der Waals surface area contributed by atoms with Crippen LogP contribution >= 0.6 is 11.8 Å². The van der Waals surface area contributed by atoms with E-state index in [-0.39, 0.29) is 29.1 Å². The van der Waals surface area contributed by atoms with Crippen molar-refractivity contribution >= 4 is 40.0 Å². The highest BCUT2D eigenvalue weighted by molar-refractivity contribution is 8.14. The Morgan fingerprint density at radius 2 is 1.85 bits per heavy atom. The number of halogens is 3. The number of carbonyl (C=O) groups excluding carboxylic acids is 2. The van der Waals surface area contributed by atoms with Crippen molar-refractivity contribution in [3.8, 4) is 22.8 Å². The zero-order valence-electron chi connectivity index (χ0n) is 26.6. The van der Waals surface area contributed by atoms with E-state index in [1.807, 2.05) is 32.0 Å². The van der Waals surface area contributed by atoms with Gasteiger partial charge in [0.2, 0.25) is 0 Å². The molecule has 5 rings (SSSR count). The van der Waals surface area contributed by atoms with Crippen LogP contribution in [0, 0.1) is 6.92 Å². The molecule has 1 fully saturated rings. The number of benzene rings is 3. The number of urea groups is 1. The molecule has 1 aromatic heterocycles. The molecule has 0 saturated carbocycles. The normalized spacial score (nSPS) is 16.3. The molecule has 1 unspecified atom stereocenters. The number of nitrogens with zero attached hydrogens (tertiary/aromatic N) is 5. The van der Waals surface area contributed by atoms with Crippen LogP contribution in [0.3, 0.4) is 0 Å². The maximum absolute atomic E-state index is 13.3. The highest BCUT2D eigenvalue weighted by Gasteiger charge is 2.31. The molecule has 13 heteroatoms.